The third kappa shape index (κ3) is 4.46. The zero-order valence-corrected chi connectivity index (χ0v) is 14.4. The molecule has 0 aromatic heterocycles. The smallest absolute Gasteiger partial charge is 0.264 e. The Kier molecular flexibility index (Phi) is 5.39. The van der Waals surface area contributed by atoms with Crippen LogP contribution in [0.2, 0.25) is 0 Å². The van der Waals surface area contributed by atoms with Crippen LogP contribution in [0.3, 0.4) is 0 Å². The fourth-order valence-corrected chi connectivity index (χ4v) is 3.38. The Morgan fingerprint density at radius 3 is 2.10 bits per heavy atom. The van der Waals surface area contributed by atoms with Crippen LogP contribution in [0.25, 0.3) is 0 Å². The molecule has 0 aliphatic rings. The molecule has 5 nitrogen and oxygen atoms in total. The number of rotatable bonds is 3. The molecule has 6 heteroatoms. The summed E-state index contributed by atoms with van der Waals surface area (Å²) >= 11 is 0. The molecule has 0 saturated heterocycles. The van der Waals surface area contributed by atoms with Gasteiger partial charge in [0.15, 0.2) is 0 Å². The van der Waals surface area contributed by atoms with Gasteiger partial charge in [-0.1, -0.05) is 18.2 Å². The molecule has 0 heterocycles. The van der Waals surface area contributed by atoms with E-state index in [-0.39, 0.29) is 16.5 Å². The molecule has 0 atom stereocenters. The van der Waals surface area contributed by atoms with E-state index >= 15 is 0 Å². The summed E-state index contributed by atoms with van der Waals surface area (Å²) in [5, 5.41) is 0. The summed E-state index contributed by atoms with van der Waals surface area (Å²) in [5.41, 5.74) is -0.248. The first-order valence-corrected chi connectivity index (χ1v) is 8.42. The lowest BCUT2D eigenvalue weighted by Gasteiger charge is -2.41. The fraction of sp³-hybridized carbons (Fsp3) is 0.533. The van der Waals surface area contributed by atoms with Crippen LogP contribution in [-0.2, 0) is 10.0 Å². The molecule has 0 fully saturated rings. The second-order valence-corrected chi connectivity index (χ2v) is 7.78. The minimum Gasteiger partial charge on any atom is -0.335 e. The monoisotopic (exact) mass is 311 g/mol. The summed E-state index contributed by atoms with van der Waals surface area (Å²) in [5.74, 6) is 0.348. The Balaban J connectivity index is 3.14. The maximum atomic E-state index is 12.4. The number of aliphatic imine (C=N–C) groups is 1. The maximum Gasteiger partial charge on any atom is 0.264 e. The Morgan fingerprint density at radius 2 is 1.71 bits per heavy atom. The van der Waals surface area contributed by atoms with Crippen LogP contribution in [0.15, 0.2) is 40.2 Å². The summed E-state index contributed by atoms with van der Waals surface area (Å²) in [7, 11) is -2.05. The summed E-state index contributed by atoms with van der Waals surface area (Å²) in [6.07, 6.45) is 0. The topological polar surface area (TPSA) is 61.8 Å². The summed E-state index contributed by atoms with van der Waals surface area (Å²) in [6, 6.07) is 8.41. The van der Waals surface area contributed by atoms with Crippen molar-refractivity contribution in [2.24, 2.45) is 4.99 Å². The molecule has 0 radical (unpaired) electrons. The van der Waals surface area contributed by atoms with Crippen LogP contribution >= 0.6 is 0 Å². The van der Waals surface area contributed by atoms with Crippen molar-refractivity contribution in [3.05, 3.63) is 30.3 Å². The number of guanidine groups is 1. The van der Waals surface area contributed by atoms with Crippen molar-refractivity contribution in [2.75, 3.05) is 7.05 Å². The number of benzene rings is 1. The third-order valence-electron chi connectivity index (χ3n) is 2.96. The Hall–Kier alpha value is -1.56. The number of nitrogens with zero attached hydrogens (tertiary/aromatic N) is 2. The van der Waals surface area contributed by atoms with Crippen molar-refractivity contribution in [1.29, 1.82) is 0 Å². The van der Waals surface area contributed by atoms with Gasteiger partial charge in [0.2, 0.25) is 5.96 Å². The highest BCUT2D eigenvalue weighted by Crippen LogP contribution is 2.18. The van der Waals surface area contributed by atoms with Crippen molar-refractivity contribution in [3.8, 4) is 0 Å². The average molecular weight is 311 g/mol. The van der Waals surface area contributed by atoms with E-state index < -0.39 is 10.0 Å². The highest BCUT2D eigenvalue weighted by Gasteiger charge is 2.29. The first-order chi connectivity index (χ1) is 9.59. The van der Waals surface area contributed by atoms with E-state index in [1.807, 2.05) is 39.5 Å². The van der Waals surface area contributed by atoms with Crippen LogP contribution in [0, 0.1) is 0 Å². The summed E-state index contributed by atoms with van der Waals surface area (Å²) in [4.78, 5) is 6.32. The number of hydrogen-bond donors (Lipinski definition) is 1. The normalized spacial score (nSPS) is 13.4. The zero-order valence-electron chi connectivity index (χ0n) is 13.6. The molecule has 21 heavy (non-hydrogen) atoms. The maximum absolute atomic E-state index is 12.4. The van der Waals surface area contributed by atoms with Crippen molar-refractivity contribution < 1.29 is 8.42 Å². The number of nitrogens with one attached hydrogen (secondary N) is 1. The van der Waals surface area contributed by atoms with Crippen molar-refractivity contribution in [3.63, 3.8) is 0 Å². The largest absolute Gasteiger partial charge is 0.335 e. The lowest BCUT2D eigenvalue weighted by atomic mass is 10.0. The quantitative estimate of drug-likeness (QED) is 0.689. The van der Waals surface area contributed by atoms with Gasteiger partial charge in [-0.3, -0.25) is 4.99 Å². The standard InChI is InChI=1S/C15H25N3O2S/c1-12(2)18(15(3,4)5)14(16-6)17-21(19,20)13-10-8-7-9-11-13/h7-12H,1-6H3,(H,16,17). The number of sulfonamides is 1. The second kappa shape index (κ2) is 6.47. The predicted octanol–water partition coefficient (Wildman–Crippen LogP) is 2.46. The first kappa shape index (κ1) is 17.5. The molecule has 1 aromatic carbocycles. The van der Waals surface area contributed by atoms with E-state index in [9.17, 15) is 8.42 Å². The molecule has 0 saturated carbocycles. The van der Waals surface area contributed by atoms with E-state index in [4.69, 9.17) is 0 Å². The molecule has 1 rings (SSSR count). The molecule has 1 N–H and O–H groups in total. The Labute approximate surface area is 128 Å². The Morgan fingerprint density at radius 1 is 1.19 bits per heavy atom. The van der Waals surface area contributed by atoms with Gasteiger partial charge in [0.1, 0.15) is 0 Å². The van der Waals surface area contributed by atoms with Crippen LogP contribution < -0.4 is 4.72 Å². The van der Waals surface area contributed by atoms with Crippen molar-refractivity contribution >= 4 is 16.0 Å². The molecule has 0 aliphatic heterocycles. The molecule has 0 unspecified atom stereocenters. The van der Waals surface area contributed by atoms with Gasteiger partial charge in [0.05, 0.1) is 4.90 Å². The van der Waals surface area contributed by atoms with Gasteiger partial charge in [-0.2, -0.15) is 0 Å². The molecule has 0 amide bonds. The van der Waals surface area contributed by atoms with Gasteiger partial charge in [-0.05, 0) is 46.8 Å². The van der Waals surface area contributed by atoms with E-state index in [1.54, 1.807) is 37.4 Å². The van der Waals surface area contributed by atoms with Crippen molar-refractivity contribution in [1.82, 2.24) is 9.62 Å². The van der Waals surface area contributed by atoms with Crippen LogP contribution in [0.1, 0.15) is 34.6 Å². The van der Waals surface area contributed by atoms with Gasteiger partial charge < -0.3 is 4.90 Å². The molecular weight excluding hydrogens is 286 g/mol. The van der Waals surface area contributed by atoms with Gasteiger partial charge >= 0.3 is 0 Å². The van der Waals surface area contributed by atoms with Gasteiger partial charge in [-0.15, -0.1) is 0 Å². The molecule has 118 valence electrons. The lowest BCUT2D eigenvalue weighted by Crippen LogP contribution is -2.55. The van der Waals surface area contributed by atoms with Crippen molar-refractivity contribution in [2.45, 2.75) is 51.1 Å². The van der Waals surface area contributed by atoms with E-state index in [0.29, 0.717) is 5.96 Å². The lowest BCUT2D eigenvalue weighted by molar-refractivity contribution is 0.191. The molecule has 1 aromatic rings. The SMILES string of the molecule is CN=C(NS(=O)(=O)c1ccccc1)N(C(C)C)C(C)(C)C. The summed E-state index contributed by atoms with van der Waals surface area (Å²) in [6.45, 7) is 10.1. The zero-order chi connectivity index (χ0) is 16.3. The van der Waals surface area contributed by atoms with Crippen LogP contribution in [0.4, 0.5) is 0 Å². The van der Waals surface area contributed by atoms with E-state index in [1.165, 1.54) is 0 Å². The molecule has 0 spiro atoms. The summed E-state index contributed by atoms with van der Waals surface area (Å²) < 4.78 is 27.5. The average Bonchev–Trinajstić information content (AvgIpc) is 2.36. The highest BCUT2D eigenvalue weighted by atomic mass is 32.2. The third-order valence-corrected chi connectivity index (χ3v) is 4.30. The van der Waals surface area contributed by atoms with Gasteiger partial charge in [0, 0.05) is 18.6 Å². The first-order valence-electron chi connectivity index (χ1n) is 6.93. The molecular formula is C15H25N3O2S. The second-order valence-electron chi connectivity index (χ2n) is 6.10. The fourth-order valence-electron chi connectivity index (χ4n) is 2.32. The number of hydrogen-bond acceptors (Lipinski definition) is 3. The predicted molar refractivity (Wildman–Crippen MR) is 86.9 cm³/mol. The Bertz CT molecular complexity index is 587. The minimum absolute atomic E-state index is 0.113. The van der Waals surface area contributed by atoms with Gasteiger partial charge in [-0.25, -0.2) is 13.1 Å². The molecule has 0 bridgehead atoms. The minimum atomic E-state index is -3.63. The van der Waals surface area contributed by atoms with Crippen LogP contribution in [-0.4, -0.2) is 37.9 Å². The van der Waals surface area contributed by atoms with E-state index in [2.05, 4.69) is 9.71 Å². The van der Waals surface area contributed by atoms with E-state index in [0.717, 1.165) is 0 Å². The van der Waals surface area contributed by atoms with Gasteiger partial charge in [0.25, 0.3) is 10.0 Å². The highest BCUT2D eigenvalue weighted by molar-refractivity contribution is 7.90. The molecule has 0 aliphatic carbocycles. The van der Waals surface area contributed by atoms with Crippen LogP contribution in [0.5, 0.6) is 0 Å².